The van der Waals surface area contributed by atoms with Crippen LogP contribution < -0.4 is 10.1 Å². The quantitative estimate of drug-likeness (QED) is 0.233. The Morgan fingerprint density at radius 3 is 2.89 bits per heavy atom. The van der Waals surface area contributed by atoms with Gasteiger partial charge in [0.05, 0.1) is 35.8 Å². The Morgan fingerprint density at radius 2 is 2.08 bits per heavy atom. The first-order valence-corrected chi connectivity index (χ1v) is 13.0. The Bertz CT molecular complexity index is 1350. The molecule has 2 aliphatic heterocycles. The second-order valence-corrected chi connectivity index (χ2v) is 9.42. The maximum atomic E-state index is 12.1. The first kappa shape index (κ1) is 25.9. The zero-order valence-corrected chi connectivity index (χ0v) is 21.5. The van der Waals surface area contributed by atoms with Gasteiger partial charge in [-0.2, -0.15) is 0 Å². The Hall–Kier alpha value is -3.73. The zero-order chi connectivity index (χ0) is 26.4. The van der Waals surface area contributed by atoms with Crippen LogP contribution in [0.5, 0.6) is 5.75 Å². The number of rotatable bonds is 11. The number of hydrogen-bond donors (Lipinski definition) is 1. The van der Waals surface area contributed by atoms with Crippen molar-refractivity contribution in [2.75, 3.05) is 46.0 Å². The van der Waals surface area contributed by atoms with Crippen LogP contribution in [0.2, 0.25) is 0 Å². The van der Waals surface area contributed by atoms with E-state index in [2.05, 4.69) is 26.3 Å². The number of nitro groups is 1. The Labute approximate surface area is 221 Å². The molecule has 3 heterocycles. The molecule has 2 aliphatic rings. The monoisotopic (exact) mass is 516 g/mol. The van der Waals surface area contributed by atoms with E-state index in [1.165, 1.54) is 12.4 Å². The van der Waals surface area contributed by atoms with Crippen LogP contribution in [-0.4, -0.2) is 72.0 Å². The lowest BCUT2D eigenvalue weighted by Crippen LogP contribution is -2.38. The van der Waals surface area contributed by atoms with Gasteiger partial charge in [-0.15, -0.1) is 0 Å². The predicted molar refractivity (Wildman–Crippen MR) is 146 cm³/mol. The summed E-state index contributed by atoms with van der Waals surface area (Å²) in [7, 11) is 0. The number of aromatic nitrogens is 2. The molecule has 1 unspecified atom stereocenters. The number of ether oxygens (including phenoxy) is 2. The summed E-state index contributed by atoms with van der Waals surface area (Å²) >= 11 is 0. The van der Waals surface area contributed by atoms with Crippen LogP contribution in [0.25, 0.3) is 10.9 Å². The minimum absolute atomic E-state index is 0.0214. The van der Waals surface area contributed by atoms with Gasteiger partial charge < -0.3 is 9.47 Å². The number of benzene rings is 2. The van der Waals surface area contributed by atoms with E-state index in [0.717, 1.165) is 56.2 Å². The van der Waals surface area contributed by atoms with Crippen molar-refractivity contribution < 1.29 is 14.4 Å². The molecule has 1 aromatic heterocycles. The van der Waals surface area contributed by atoms with E-state index in [0.29, 0.717) is 36.0 Å². The van der Waals surface area contributed by atoms with Gasteiger partial charge in [0.15, 0.2) is 5.66 Å². The van der Waals surface area contributed by atoms with E-state index in [-0.39, 0.29) is 10.6 Å². The number of nitro benzene ring substituents is 1. The van der Waals surface area contributed by atoms with E-state index in [9.17, 15) is 10.1 Å². The molecule has 0 spiro atoms. The highest BCUT2D eigenvalue weighted by atomic mass is 16.6. The Morgan fingerprint density at radius 1 is 1.24 bits per heavy atom. The maximum absolute atomic E-state index is 12.1. The van der Waals surface area contributed by atoms with E-state index in [4.69, 9.17) is 14.5 Å². The smallest absolute Gasteiger partial charge is 0.277 e. The second kappa shape index (κ2) is 11.8. The van der Waals surface area contributed by atoms with E-state index in [1.807, 2.05) is 31.2 Å². The van der Waals surface area contributed by atoms with Crippen molar-refractivity contribution in [1.82, 2.24) is 20.2 Å². The molecule has 3 aromatic rings. The number of nitrogens with zero attached hydrogens (tertiary/aromatic N) is 5. The molecule has 10 nitrogen and oxygen atoms in total. The highest BCUT2D eigenvalue weighted by Gasteiger charge is 2.38. The van der Waals surface area contributed by atoms with E-state index in [1.54, 1.807) is 18.5 Å². The van der Waals surface area contributed by atoms with Gasteiger partial charge in [-0.3, -0.25) is 25.3 Å². The number of morpholine rings is 1. The van der Waals surface area contributed by atoms with Crippen molar-refractivity contribution in [3.63, 3.8) is 0 Å². The summed E-state index contributed by atoms with van der Waals surface area (Å²) in [4.78, 5) is 27.2. The largest absolute Gasteiger partial charge is 0.493 e. The van der Waals surface area contributed by atoms with Gasteiger partial charge in [-0.05, 0) is 42.3 Å². The first-order chi connectivity index (χ1) is 18.6. The molecule has 10 heteroatoms. The van der Waals surface area contributed by atoms with E-state index >= 15 is 0 Å². The molecule has 2 aromatic carbocycles. The van der Waals surface area contributed by atoms with Crippen molar-refractivity contribution in [3.8, 4) is 5.75 Å². The molecule has 0 bridgehead atoms. The summed E-state index contributed by atoms with van der Waals surface area (Å²) in [6.45, 7) is 7.69. The van der Waals surface area contributed by atoms with Gasteiger partial charge in [0.25, 0.3) is 5.69 Å². The topological polar surface area (TPSA) is 115 Å². The zero-order valence-electron chi connectivity index (χ0n) is 21.5. The van der Waals surface area contributed by atoms with Crippen molar-refractivity contribution >= 4 is 22.8 Å². The number of hydrogen-bond acceptors (Lipinski definition) is 9. The number of para-hydroxylation sites is 1. The van der Waals surface area contributed by atoms with E-state index < -0.39 is 5.66 Å². The average molecular weight is 517 g/mol. The van der Waals surface area contributed by atoms with Crippen LogP contribution in [0.3, 0.4) is 0 Å². The van der Waals surface area contributed by atoms with Gasteiger partial charge in [-0.1, -0.05) is 25.1 Å². The Balaban J connectivity index is 1.36. The lowest BCUT2D eigenvalue weighted by molar-refractivity contribution is -0.385. The van der Waals surface area contributed by atoms with Crippen LogP contribution in [0.15, 0.2) is 65.6 Å². The molecule has 0 radical (unpaired) electrons. The third-order valence-corrected chi connectivity index (χ3v) is 6.85. The van der Waals surface area contributed by atoms with Crippen molar-refractivity contribution in [1.29, 1.82) is 0 Å². The lowest BCUT2D eigenvalue weighted by Gasteiger charge is -2.26. The summed E-state index contributed by atoms with van der Waals surface area (Å²) < 4.78 is 11.6. The number of aliphatic imine (C=N–C) groups is 1. The minimum Gasteiger partial charge on any atom is -0.493 e. The fourth-order valence-electron chi connectivity index (χ4n) is 5.01. The van der Waals surface area contributed by atoms with Crippen LogP contribution in [0.4, 0.5) is 5.69 Å². The van der Waals surface area contributed by atoms with Crippen LogP contribution in [0, 0.1) is 10.1 Å². The number of nitrogens with one attached hydrogen (secondary N) is 1. The fraction of sp³-hybridized carbons (Fsp3) is 0.393. The van der Waals surface area contributed by atoms with Crippen molar-refractivity contribution in [2.24, 2.45) is 4.99 Å². The SMILES string of the molecule is CCNC1(c2cc3ncncc3cc2[N+](=O)[O-])C=C(Cc2ccccc2OCCCN2CCOCC2)C=N1. The maximum Gasteiger partial charge on any atom is 0.277 e. The molecule has 0 amide bonds. The summed E-state index contributed by atoms with van der Waals surface area (Å²) in [5.41, 5.74) is 2.00. The molecule has 38 heavy (non-hydrogen) atoms. The summed E-state index contributed by atoms with van der Waals surface area (Å²) in [5.74, 6) is 0.845. The molecule has 198 valence electrons. The van der Waals surface area contributed by atoms with Crippen LogP contribution in [-0.2, 0) is 16.8 Å². The predicted octanol–water partition coefficient (Wildman–Crippen LogP) is 3.65. The normalized spacial score (nSPS) is 19.6. The van der Waals surface area contributed by atoms with Gasteiger partial charge in [0, 0.05) is 49.9 Å². The molecule has 0 aliphatic carbocycles. The summed E-state index contributed by atoms with van der Waals surface area (Å²) in [5, 5.41) is 16.0. The molecular weight excluding hydrogens is 484 g/mol. The van der Waals surface area contributed by atoms with Gasteiger partial charge in [0.2, 0.25) is 0 Å². The molecule has 1 N–H and O–H groups in total. The first-order valence-electron chi connectivity index (χ1n) is 13.0. The number of fused-ring (bicyclic) bond motifs is 1. The van der Waals surface area contributed by atoms with Crippen LogP contribution >= 0.6 is 0 Å². The third-order valence-electron chi connectivity index (χ3n) is 6.85. The summed E-state index contributed by atoms with van der Waals surface area (Å²) in [6.07, 6.45) is 8.33. The Kier molecular flexibility index (Phi) is 8.02. The molecule has 0 saturated carbocycles. The van der Waals surface area contributed by atoms with Gasteiger partial charge >= 0.3 is 0 Å². The van der Waals surface area contributed by atoms with Crippen molar-refractivity contribution in [2.45, 2.75) is 25.4 Å². The summed E-state index contributed by atoms with van der Waals surface area (Å²) in [6, 6.07) is 11.3. The molecule has 1 saturated heterocycles. The van der Waals surface area contributed by atoms with Gasteiger partial charge in [-0.25, -0.2) is 9.97 Å². The number of allylic oxidation sites excluding steroid dienone is 1. The highest BCUT2D eigenvalue weighted by molar-refractivity contribution is 5.86. The highest BCUT2D eigenvalue weighted by Crippen LogP contribution is 2.38. The second-order valence-electron chi connectivity index (χ2n) is 9.42. The fourth-order valence-corrected chi connectivity index (χ4v) is 5.01. The van der Waals surface area contributed by atoms with Crippen LogP contribution in [0.1, 0.15) is 24.5 Å². The third kappa shape index (κ3) is 5.72. The molecular formula is C28H32N6O4. The minimum atomic E-state index is -1.06. The standard InChI is InChI=1S/C28H32N6O4/c1-2-31-28(24-16-25-23(19-29-20-30-25)15-26(24)34(35)36)17-21(18-32-28)14-22-6-3-4-7-27(22)38-11-5-8-33-9-12-37-13-10-33/h3-4,6-7,15-20,31H,2,5,8-14H2,1H3. The lowest BCUT2D eigenvalue weighted by atomic mass is 9.94. The average Bonchev–Trinajstić information content (AvgIpc) is 3.35. The molecule has 1 atom stereocenters. The van der Waals surface area contributed by atoms with Gasteiger partial charge in [0.1, 0.15) is 12.1 Å². The molecule has 1 fully saturated rings. The van der Waals surface area contributed by atoms with Crippen molar-refractivity contribution in [3.05, 3.63) is 81.8 Å². The molecule has 5 rings (SSSR count). The number of likely N-dealkylation sites (N-methyl/N-ethyl adjacent to an activating group) is 1.